The van der Waals surface area contributed by atoms with Gasteiger partial charge in [0.1, 0.15) is 0 Å². The summed E-state index contributed by atoms with van der Waals surface area (Å²) in [5.41, 5.74) is 1.61. The van der Waals surface area contributed by atoms with Gasteiger partial charge in [0.05, 0.1) is 38.8 Å². The van der Waals surface area contributed by atoms with Crippen LogP contribution in [-0.2, 0) is 31.1 Å². The molecule has 0 N–H and O–H groups in total. The number of ether oxygens (including phenoxy) is 1. The van der Waals surface area contributed by atoms with Crippen LogP contribution >= 0.6 is 11.3 Å². The number of rotatable bonds is 7. The van der Waals surface area contributed by atoms with Gasteiger partial charge in [0.2, 0.25) is 10.0 Å². The Morgan fingerprint density at radius 3 is 2.33 bits per heavy atom. The third-order valence-electron chi connectivity index (χ3n) is 6.44. The number of thiazole rings is 1. The minimum atomic E-state index is -3.76. The molecule has 1 amide bonds. The highest BCUT2D eigenvalue weighted by Crippen LogP contribution is 2.32. The van der Waals surface area contributed by atoms with Crippen molar-refractivity contribution in [2.45, 2.75) is 42.4 Å². The molecule has 210 valence electrons. The number of benzene rings is 2. The largest absolute Gasteiger partial charge is 0.373 e. The van der Waals surface area contributed by atoms with Crippen LogP contribution in [0.5, 0.6) is 0 Å². The summed E-state index contributed by atoms with van der Waals surface area (Å²) in [5.74, 6) is -0.385. The number of pyridine rings is 1. The van der Waals surface area contributed by atoms with Crippen LogP contribution in [0.2, 0.25) is 0 Å². The maximum atomic E-state index is 13.8. The topological polar surface area (TPSA) is 127 Å². The summed E-state index contributed by atoms with van der Waals surface area (Å²) < 4.78 is 58.3. The van der Waals surface area contributed by atoms with Gasteiger partial charge in [0.15, 0.2) is 15.0 Å². The Hall–Kier alpha value is -3.23. The van der Waals surface area contributed by atoms with Crippen molar-refractivity contribution in [1.29, 1.82) is 0 Å². The Morgan fingerprint density at radius 1 is 1.02 bits per heavy atom. The molecule has 40 heavy (non-hydrogen) atoms. The molecule has 0 aliphatic carbocycles. The Kier molecular flexibility index (Phi) is 7.77. The zero-order valence-corrected chi connectivity index (χ0v) is 24.5. The lowest BCUT2D eigenvalue weighted by Gasteiger charge is -2.34. The summed E-state index contributed by atoms with van der Waals surface area (Å²) in [6.07, 6.45) is 3.98. The van der Waals surface area contributed by atoms with Gasteiger partial charge in [0.25, 0.3) is 5.91 Å². The van der Waals surface area contributed by atoms with E-state index in [2.05, 4.69) is 9.97 Å². The number of hydrogen-bond donors (Lipinski definition) is 0. The number of aromatic nitrogens is 2. The Morgan fingerprint density at radius 2 is 1.70 bits per heavy atom. The van der Waals surface area contributed by atoms with Crippen molar-refractivity contribution in [3.05, 3.63) is 78.1 Å². The van der Waals surface area contributed by atoms with Crippen LogP contribution in [0.15, 0.2) is 76.8 Å². The molecule has 1 fully saturated rings. The molecule has 5 rings (SSSR count). The van der Waals surface area contributed by atoms with Gasteiger partial charge in [-0.2, -0.15) is 4.31 Å². The van der Waals surface area contributed by atoms with Gasteiger partial charge in [-0.05, 0) is 67.9 Å². The zero-order valence-electron chi connectivity index (χ0n) is 22.1. The number of sulfonamides is 1. The lowest BCUT2D eigenvalue weighted by Crippen LogP contribution is -2.48. The van der Waals surface area contributed by atoms with Crippen molar-refractivity contribution in [2.75, 3.05) is 24.2 Å². The fraction of sp³-hybridized carbons (Fsp3) is 0.296. The lowest BCUT2D eigenvalue weighted by atomic mass is 10.2. The minimum absolute atomic E-state index is 0.0949. The quantitative estimate of drug-likeness (QED) is 0.314. The second-order valence-electron chi connectivity index (χ2n) is 9.75. The van der Waals surface area contributed by atoms with Crippen molar-refractivity contribution >= 4 is 52.5 Å². The van der Waals surface area contributed by atoms with Crippen LogP contribution in [0, 0.1) is 0 Å². The van der Waals surface area contributed by atoms with Gasteiger partial charge in [0, 0.05) is 37.3 Å². The van der Waals surface area contributed by atoms with E-state index in [9.17, 15) is 21.6 Å². The zero-order chi connectivity index (χ0) is 28.7. The lowest BCUT2D eigenvalue weighted by molar-refractivity contribution is -0.0440. The second kappa shape index (κ2) is 11.0. The summed E-state index contributed by atoms with van der Waals surface area (Å²) in [6, 6.07) is 14.1. The third-order valence-corrected chi connectivity index (χ3v) is 10.4. The number of hydrogen-bond acceptors (Lipinski definition) is 9. The van der Waals surface area contributed by atoms with Crippen LogP contribution in [0.25, 0.3) is 10.2 Å². The average Bonchev–Trinajstić information content (AvgIpc) is 3.34. The maximum Gasteiger partial charge on any atom is 0.260 e. The highest BCUT2D eigenvalue weighted by molar-refractivity contribution is 7.90. The van der Waals surface area contributed by atoms with E-state index in [1.165, 1.54) is 50.9 Å². The molecule has 4 aromatic rings. The van der Waals surface area contributed by atoms with Crippen LogP contribution < -0.4 is 4.90 Å². The predicted octanol–water partition coefficient (Wildman–Crippen LogP) is 3.74. The van der Waals surface area contributed by atoms with E-state index in [0.29, 0.717) is 15.3 Å². The number of nitrogens with zero attached hydrogens (tertiary/aromatic N) is 4. The van der Waals surface area contributed by atoms with E-state index in [0.717, 1.165) is 11.8 Å². The highest BCUT2D eigenvalue weighted by atomic mass is 32.2. The first-order chi connectivity index (χ1) is 18.9. The van der Waals surface area contributed by atoms with Gasteiger partial charge in [-0.1, -0.05) is 17.4 Å². The van der Waals surface area contributed by atoms with Gasteiger partial charge >= 0.3 is 0 Å². The molecule has 0 spiro atoms. The van der Waals surface area contributed by atoms with E-state index in [1.807, 2.05) is 19.9 Å². The number of morpholine rings is 1. The summed E-state index contributed by atoms with van der Waals surface area (Å²) >= 11 is 1.20. The van der Waals surface area contributed by atoms with Gasteiger partial charge in [-0.3, -0.25) is 14.7 Å². The van der Waals surface area contributed by atoms with Crippen molar-refractivity contribution in [1.82, 2.24) is 14.3 Å². The molecule has 0 radical (unpaired) electrons. The van der Waals surface area contributed by atoms with E-state index in [4.69, 9.17) is 4.74 Å². The normalized spacial score (nSPS) is 18.6. The summed E-state index contributed by atoms with van der Waals surface area (Å²) in [7, 11) is -7.18. The summed E-state index contributed by atoms with van der Waals surface area (Å²) in [4.78, 5) is 24.3. The number of fused-ring (bicyclic) bond motifs is 1. The number of carbonyl (C=O) groups is 1. The Bertz CT molecular complexity index is 1750. The molecule has 0 saturated carbocycles. The molecule has 1 saturated heterocycles. The van der Waals surface area contributed by atoms with E-state index >= 15 is 0 Å². The summed E-state index contributed by atoms with van der Waals surface area (Å²) in [5, 5.41) is 0.377. The van der Waals surface area contributed by atoms with Gasteiger partial charge in [-0.15, -0.1) is 0 Å². The Balaban J connectivity index is 1.48. The van der Waals surface area contributed by atoms with Crippen molar-refractivity contribution in [3.8, 4) is 0 Å². The Labute approximate surface area is 237 Å². The first-order valence-corrected chi connectivity index (χ1v) is 16.6. The fourth-order valence-electron chi connectivity index (χ4n) is 4.54. The van der Waals surface area contributed by atoms with Crippen LogP contribution in [0.3, 0.4) is 0 Å². The van der Waals surface area contributed by atoms with Crippen molar-refractivity contribution < 1.29 is 26.4 Å². The number of sulfone groups is 1. The third kappa shape index (κ3) is 5.93. The number of carbonyl (C=O) groups excluding carboxylic acids is 1. The number of anilines is 1. The fourth-order valence-corrected chi connectivity index (χ4v) is 7.86. The first kappa shape index (κ1) is 28.3. The standard InChI is InChI=1S/C27H28N4O6S3/c1-18-15-30(16-19(2)37-18)40(35,36)22-8-6-21(7-9-22)26(32)31(17-20-5-4-12-28-14-20)27-29-24-11-10-23(39(3,33)34)13-25(24)38-27/h4-14,18-19H,15-17H2,1-3H3. The number of amides is 1. The van der Waals surface area contributed by atoms with Gasteiger partial charge in [-0.25, -0.2) is 21.8 Å². The van der Waals surface area contributed by atoms with E-state index in [-0.39, 0.29) is 53.1 Å². The molecule has 2 unspecified atom stereocenters. The average molecular weight is 601 g/mol. The molecule has 3 heterocycles. The molecular weight excluding hydrogens is 573 g/mol. The minimum Gasteiger partial charge on any atom is -0.373 e. The molecule has 2 aromatic carbocycles. The first-order valence-electron chi connectivity index (χ1n) is 12.5. The molecule has 13 heteroatoms. The van der Waals surface area contributed by atoms with Gasteiger partial charge < -0.3 is 4.74 Å². The molecule has 1 aliphatic rings. The predicted molar refractivity (Wildman–Crippen MR) is 153 cm³/mol. The SMILES string of the molecule is CC1CN(S(=O)(=O)c2ccc(C(=O)N(Cc3cccnc3)c3nc4ccc(S(C)(=O)=O)cc4s3)cc2)CC(C)O1. The van der Waals surface area contributed by atoms with Crippen LogP contribution in [0.1, 0.15) is 29.8 Å². The van der Waals surface area contributed by atoms with Crippen molar-refractivity contribution in [3.63, 3.8) is 0 Å². The van der Waals surface area contributed by atoms with Crippen molar-refractivity contribution in [2.24, 2.45) is 0 Å². The van der Waals surface area contributed by atoms with Crippen LogP contribution in [0.4, 0.5) is 5.13 Å². The van der Waals surface area contributed by atoms with E-state index in [1.54, 1.807) is 30.6 Å². The molecule has 10 nitrogen and oxygen atoms in total. The molecule has 0 bridgehead atoms. The monoisotopic (exact) mass is 600 g/mol. The maximum absolute atomic E-state index is 13.8. The highest BCUT2D eigenvalue weighted by Gasteiger charge is 2.32. The molecule has 1 aliphatic heterocycles. The van der Waals surface area contributed by atoms with E-state index < -0.39 is 19.9 Å². The smallest absolute Gasteiger partial charge is 0.260 e. The van der Waals surface area contributed by atoms with Crippen LogP contribution in [-0.4, -0.2) is 68.6 Å². The second-order valence-corrected chi connectivity index (χ2v) is 14.7. The molecule has 2 aromatic heterocycles. The summed E-state index contributed by atoms with van der Waals surface area (Å²) in [6.45, 7) is 4.34. The molecular formula is C27H28N4O6S3. The molecule has 2 atom stereocenters.